The van der Waals surface area contributed by atoms with Crippen LogP contribution in [0.5, 0.6) is 0 Å². The topological polar surface area (TPSA) is 95.5 Å². The fraction of sp³-hybridized carbons (Fsp3) is 0.286. The summed E-state index contributed by atoms with van der Waals surface area (Å²) < 4.78 is 0. The summed E-state index contributed by atoms with van der Waals surface area (Å²) in [5.41, 5.74) is 1.51. The third-order valence-electron chi connectivity index (χ3n) is 4.33. The van der Waals surface area contributed by atoms with Gasteiger partial charge in [-0.05, 0) is 30.2 Å². The maximum Gasteiger partial charge on any atom is 0.326 e. The second-order valence-corrected chi connectivity index (χ2v) is 7.44. The Hall–Kier alpha value is -2.57. The van der Waals surface area contributed by atoms with E-state index in [0.29, 0.717) is 15.6 Å². The molecule has 0 fully saturated rings. The molecule has 2 rings (SSSR count). The molecule has 8 heteroatoms. The first-order chi connectivity index (χ1) is 13.8. The highest BCUT2D eigenvalue weighted by molar-refractivity contribution is 6.35. The summed E-state index contributed by atoms with van der Waals surface area (Å²) in [4.78, 5) is 35.7. The van der Waals surface area contributed by atoms with Gasteiger partial charge in [-0.1, -0.05) is 59.6 Å². The molecule has 0 bridgehead atoms. The van der Waals surface area contributed by atoms with Gasteiger partial charge in [0.1, 0.15) is 6.04 Å². The number of carboxylic acids is 1. The highest BCUT2D eigenvalue weighted by atomic mass is 35.5. The number of nitrogens with one attached hydrogen (secondary N) is 2. The molecule has 0 saturated heterocycles. The van der Waals surface area contributed by atoms with E-state index in [0.717, 1.165) is 5.56 Å². The minimum absolute atomic E-state index is 0.00825. The van der Waals surface area contributed by atoms with Gasteiger partial charge in [0.25, 0.3) is 0 Å². The van der Waals surface area contributed by atoms with Crippen LogP contribution in [0.15, 0.2) is 48.5 Å². The van der Waals surface area contributed by atoms with Gasteiger partial charge >= 0.3 is 5.97 Å². The molecule has 0 saturated carbocycles. The first kappa shape index (κ1) is 22.7. The van der Waals surface area contributed by atoms with Gasteiger partial charge in [-0.2, -0.15) is 0 Å². The molecule has 2 amide bonds. The molecule has 0 unspecified atom stereocenters. The van der Waals surface area contributed by atoms with Crippen molar-refractivity contribution in [1.29, 1.82) is 0 Å². The van der Waals surface area contributed by atoms with Crippen LogP contribution in [-0.4, -0.2) is 28.9 Å². The summed E-state index contributed by atoms with van der Waals surface area (Å²) >= 11 is 11.9. The lowest BCUT2D eigenvalue weighted by Gasteiger charge is -2.16. The smallest absolute Gasteiger partial charge is 0.326 e. The molecule has 0 radical (unpaired) electrons. The largest absolute Gasteiger partial charge is 0.480 e. The highest BCUT2D eigenvalue weighted by Crippen LogP contribution is 2.22. The maximum absolute atomic E-state index is 12.1. The van der Waals surface area contributed by atoms with Crippen LogP contribution in [0.3, 0.4) is 0 Å². The van der Waals surface area contributed by atoms with Gasteiger partial charge in [0.15, 0.2) is 0 Å². The maximum atomic E-state index is 12.1. The molecule has 0 aliphatic carbocycles. The second-order valence-electron chi connectivity index (χ2n) is 6.60. The van der Waals surface area contributed by atoms with Crippen molar-refractivity contribution in [3.8, 4) is 0 Å². The Morgan fingerprint density at radius 1 is 0.966 bits per heavy atom. The van der Waals surface area contributed by atoms with Gasteiger partial charge in [-0.3, -0.25) is 9.59 Å². The zero-order chi connectivity index (χ0) is 21.4. The lowest BCUT2D eigenvalue weighted by Crippen LogP contribution is -2.42. The number of amides is 2. The average Bonchev–Trinajstić information content (AvgIpc) is 2.68. The number of rotatable bonds is 9. The summed E-state index contributed by atoms with van der Waals surface area (Å²) in [6.07, 6.45) is -0.156. The molecule has 2 aromatic rings. The summed E-state index contributed by atoms with van der Waals surface area (Å²) in [7, 11) is 0. The van der Waals surface area contributed by atoms with Gasteiger partial charge < -0.3 is 15.7 Å². The van der Waals surface area contributed by atoms with Crippen molar-refractivity contribution < 1.29 is 19.5 Å². The fourth-order valence-corrected chi connectivity index (χ4v) is 3.23. The minimum atomic E-state index is -1.19. The van der Waals surface area contributed by atoms with Gasteiger partial charge in [0.05, 0.1) is 6.04 Å². The number of benzene rings is 2. The zero-order valence-electron chi connectivity index (χ0n) is 15.8. The van der Waals surface area contributed by atoms with Crippen molar-refractivity contribution in [2.75, 3.05) is 0 Å². The minimum Gasteiger partial charge on any atom is -0.480 e. The Bertz CT molecular complexity index is 874. The van der Waals surface area contributed by atoms with E-state index in [-0.39, 0.29) is 31.2 Å². The van der Waals surface area contributed by atoms with Crippen molar-refractivity contribution in [1.82, 2.24) is 10.6 Å². The van der Waals surface area contributed by atoms with E-state index in [1.54, 1.807) is 12.1 Å². The van der Waals surface area contributed by atoms with Crippen LogP contribution in [0, 0.1) is 0 Å². The lowest BCUT2D eigenvalue weighted by molar-refractivity contribution is -0.141. The molecule has 2 atom stereocenters. The fourth-order valence-electron chi connectivity index (χ4n) is 2.74. The van der Waals surface area contributed by atoms with E-state index in [1.807, 2.05) is 37.3 Å². The lowest BCUT2D eigenvalue weighted by atomic mass is 10.1. The van der Waals surface area contributed by atoms with E-state index in [2.05, 4.69) is 10.6 Å². The zero-order valence-corrected chi connectivity index (χ0v) is 17.3. The summed E-state index contributed by atoms with van der Waals surface area (Å²) in [5.74, 6) is -2.00. The van der Waals surface area contributed by atoms with Crippen LogP contribution in [0.2, 0.25) is 10.0 Å². The molecule has 0 aliphatic rings. The summed E-state index contributed by atoms with van der Waals surface area (Å²) in [6, 6.07) is 12.8. The first-order valence-corrected chi connectivity index (χ1v) is 9.82. The van der Waals surface area contributed by atoms with E-state index in [9.17, 15) is 19.5 Å². The van der Waals surface area contributed by atoms with Gasteiger partial charge in [0.2, 0.25) is 11.8 Å². The standard InChI is InChI=1S/C21H22Cl2N2O4/c1-13(14-5-3-2-4-6-14)24-19(26)9-10-20(27)25-18(21(28)29)11-15-7-8-16(22)12-17(15)23/h2-8,12-13,18H,9-11H2,1H3,(H,24,26)(H,25,27)(H,28,29)/t13-,18-/m1/s1. The molecule has 2 aromatic carbocycles. The second kappa shape index (κ2) is 10.8. The van der Waals surface area contributed by atoms with E-state index >= 15 is 0 Å². The normalized spacial score (nSPS) is 12.7. The molecule has 154 valence electrons. The van der Waals surface area contributed by atoms with Gasteiger partial charge in [-0.25, -0.2) is 4.79 Å². The van der Waals surface area contributed by atoms with Crippen molar-refractivity contribution in [2.24, 2.45) is 0 Å². The quantitative estimate of drug-likeness (QED) is 0.557. The SMILES string of the molecule is C[C@@H](NC(=O)CCC(=O)N[C@H](Cc1ccc(Cl)cc1Cl)C(=O)O)c1ccccc1. The molecule has 0 heterocycles. The van der Waals surface area contributed by atoms with Crippen LogP contribution in [-0.2, 0) is 20.8 Å². The number of hydrogen-bond donors (Lipinski definition) is 3. The number of carboxylic acid groups (broad SMARTS) is 1. The van der Waals surface area contributed by atoms with E-state index < -0.39 is 17.9 Å². The molecule has 29 heavy (non-hydrogen) atoms. The van der Waals surface area contributed by atoms with Crippen LogP contribution in [0.1, 0.15) is 36.9 Å². The van der Waals surface area contributed by atoms with Crippen molar-refractivity contribution in [3.05, 3.63) is 69.7 Å². The first-order valence-electron chi connectivity index (χ1n) is 9.06. The van der Waals surface area contributed by atoms with Crippen molar-refractivity contribution in [2.45, 2.75) is 38.3 Å². The van der Waals surface area contributed by atoms with Crippen molar-refractivity contribution >= 4 is 41.0 Å². The van der Waals surface area contributed by atoms with Gasteiger partial charge in [-0.15, -0.1) is 0 Å². The number of carbonyl (C=O) groups is 3. The third kappa shape index (κ3) is 7.40. The Morgan fingerprint density at radius 2 is 1.59 bits per heavy atom. The Balaban J connectivity index is 1.85. The summed E-state index contributed by atoms with van der Waals surface area (Å²) in [6.45, 7) is 1.85. The number of hydrogen-bond acceptors (Lipinski definition) is 3. The molecule has 3 N–H and O–H groups in total. The van der Waals surface area contributed by atoms with E-state index in [4.69, 9.17) is 23.2 Å². The number of carbonyl (C=O) groups excluding carboxylic acids is 2. The van der Waals surface area contributed by atoms with Gasteiger partial charge in [0, 0.05) is 29.3 Å². The molecular formula is C21H22Cl2N2O4. The van der Waals surface area contributed by atoms with Crippen LogP contribution >= 0.6 is 23.2 Å². The summed E-state index contributed by atoms with van der Waals surface area (Å²) in [5, 5.41) is 15.4. The molecule has 0 spiro atoms. The molecule has 0 aliphatic heterocycles. The van der Waals surface area contributed by atoms with Crippen LogP contribution < -0.4 is 10.6 Å². The van der Waals surface area contributed by atoms with E-state index in [1.165, 1.54) is 6.07 Å². The average molecular weight is 437 g/mol. The Labute approximate surface area is 179 Å². The predicted molar refractivity (Wildman–Crippen MR) is 112 cm³/mol. The molecule has 6 nitrogen and oxygen atoms in total. The number of aliphatic carboxylic acids is 1. The number of halogens is 2. The van der Waals surface area contributed by atoms with Crippen LogP contribution in [0.4, 0.5) is 0 Å². The highest BCUT2D eigenvalue weighted by Gasteiger charge is 2.22. The monoisotopic (exact) mass is 436 g/mol. The molecular weight excluding hydrogens is 415 g/mol. The van der Waals surface area contributed by atoms with Crippen LogP contribution in [0.25, 0.3) is 0 Å². The predicted octanol–water partition coefficient (Wildman–Crippen LogP) is 3.76. The Kier molecular flexibility index (Phi) is 8.49. The molecule has 0 aromatic heterocycles. The third-order valence-corrected chi connectivity index (χ3v) is 4.92. The van der Waals surface area contributed by atoms with Crippen molar-refractivity contribution in [3.63, 3.8) is 0 Å². The Morgan fingerprint density at radius 3 is 2.17 bits per heavy atom.